The van der Waals surface area contributed by atoms with E-state index >= 15 is 0 Å². The maximum atomic E-state index is 13.6. The second-order valence-electron chi connectivity index (χ2n) is 10.9. The van der Waals surface area contributed by atoms with Crippen molar-refractivity contribution in [1.82, 2.24) is 28.6 Å². The van der Waals surface area contributed by atoms with E-state index in [-0.39, 0.29) is 27.8 Å². The van der Waals surface area contributed by atoms with Crippen LogP contribution in [0.25, 0.3) is 22.6 Å². The van der Waals surface area contributed by atoms with Crippen molar-refractivity contribution in [3.8, 4) is 11.5 Å². The number of piperidine rings is 1. The van der Waals surface area contributed by atoms with Crippen LogP contribution in [0, 0.1) is 12.3 Å². The molecule has 3 aromatic heterocycles. The van der Waals surface area contributed by atoms with Crippen LogP contribution in [0.3, 0.4) is 0 Å². The molecule has 11 heteroatoms. The Balaban J connectivity index is 1.43. The lowest BCUT2D eigenvalue weighted by atomic mass is 9.95. The standard InChI is InChI=1S/C26H32N6O4S/c1-17-28-29-24(36-17)18-8-6-10-20(14-18)37(34,35)31-13-7-9-19(15-31)21-11-12-22-23(27-21)30(5)25(33)32(22)16-26(2,3)4/h6,8,10-12,14,19H,7,9,13,15-16H2,1-5H3. The molecule has 1 fully saturated rings. The Kier molecular flexibility index (Phi) is 6.31. The molecule has 1 aliphatic rings. The number of aryl methyl sites for hydroxylation is 2. The first-order valence-electron chi connectivity index (χ1n) is 12.4. The molecular formula is C26H32N6O4S. The number of hydrogen-bond acceptors (Lipinski definition) is 7. The Morgan fingerprint density at radius 1 is 1.14 bits per heavy atom. The molecule has 1 unspecified atom stereocenters. The number of pyridine rings is 1. The summed E-state index contributed by atoms with van der Waals surface area (Å²) in [5, 5.41) is 7.84. The van der Waals surface area contributed by atoms with Crippen molar-refractivity contribution in [1.29, 1.82) is 0 Å². The Hall–Kier alpha value is -3.31. The molecule has 1 saturated heterocycles. The van der Waals surface area contributed by atoms with E-state index in [9.17, 15) is 13.2 Å². The van der Waals surface area contributed by atoms with E-state index in [1.165, 1.54) is 4.31 Å². The fourth-order valence-electron chi connectivity index (χ4n) is 4.90. The van der Waals surface area contributed by atoms with E-state index < -0.39 is 10.0 Å². The monoisotopic (exact) mass is 524 g/mol. The lowest BCUT2D eigenvalue weighted by Crippen LogP contribution is -2.39. The van der Waals surface area contributed by atoms with Crippen LogP contribution in [-0.2, 0) is 23.6 Å². The zero-order valence-corrected chi connectivity index (χ0v) is 22.6. The molecule has 1 aliphatic heterocycles. The number of fused-ring (bicyclic) bond motifs is 1. The third-order valence-electron chi connectivity index (χ3n) is 6.68. The number of benzene rings is 1. The van der Waals surface area contributed by atoms with Crippen LogP contribution in [0.15, 0.2) is 50.5 Å². The molecule has 4 aromatic rings. The second-order valence-corrected chi connectivity index (χ2v) is 12.9. The third kappa shape index (κ3) is 4.85. The van der Waals surface area contributed by atoms with Crippen LogP contribution in [-0.4, -0.2) is 50.1 Å². The Labute approximate surface area is 216 Å². The van der Waals surface area contributed by atoms with E-state index in [2.05, 4.69) is 31.0 Å². The molecular weight excluding hydrogens is 492 g/mol. The summed E-state index contributed by atoms with van der Waals surface area (Å²) in [7, 11) is -2.01. The van der Waals surface area contributed by atoms with Gasteiger partial charge in [0.15, 0.2) is 5.65 Å². The molecule has 1 aromatic carbocycles. The number of rotatable bonds is 5. The predicted octanol–water partition coefficient (Wildman–Crippen LogP) is 3.71. The maximum Gasteiger partial charge on any atom is 0.330 e. The Bertz CT molecular complexity index is 1630. The van der Waals surface area contributed by atoms with Crippen LogP contribution in [0.2, 0.25) is 0 Å². The average Bonchev–Trinajstić information content (AvgIpc) is 3.40. The lowest BCUT2D eigenvalue weighted by molar-refractivity contribution is 0.313. The molecule has 196 valence electrons. The Morgan fingerprint density at radius 2 is 1.92 bits per heavy atom. The highest BCUT2D eigenvalue weighted by atomic mass is 32.2. The van der Waals surface area contributed by atoms with Crippen LogP contribution in [0.4, 0.5) is 0 Å². The summed E-state index contributed by atoms with van der Waals surface area (Å²) in [6, 6.07) is 10.5. The summed E-state index contributed by atoms with van der Waals surface area (Å²) in [5.74, 6) is 0.626. The molecule has 4 heterocycles. The van der Waals surface area contributed by atoms with Crippen molar-refractivity contribution in [2.45, 2.75) is 57.9 Å². The summed E-state index contributed by atoms with van der Waals surface area (Å²) < 4.78 is 37.5. The lowest BCUT2D eigenvalue weighted by Gasteiger charge is -2.31. The zero-order chi connectivity index (χ0) is 26.5. The number of sulfonamides is 1. The molecule has 0 saturated carbocycles. The van der Waals surface area contributed by atoms with Gasteiger partial charge in [0.2, 0.25) is 21.8 Å². The minimum atomic E-state index is -3.74. The van der Waals surface area contributed by atoms with E-state index in [1.54, 1.807) is 47.4 Å². The van der Waals surface area contributed by atoms with Gasteiger partial charge in [-0.25, -0.2) is 18.2 Å². The van der Waals surface area contributed by atoms with E-state index in [0.29, 0.717) is 36.7 Å². The predicted molar refractivity (Wildman–Crippen MR) is 140 cm³/mol. The van der Waals surface area contributed by atoms with Crippen molar-refractivity contribution in [3.05, 3.63) is 58.5 Å². The molecule has 5 rings (SSSR count). The minimum absolute atomic E-state index is 0.0609. The number of imidazole rings is 1. The minimum Gasteiger partial charge on any atom is -0.421 e. The number of aromatic nitrogens is 5. The van der Waals surface area contributed by atoms with Crippen molar-refractivity contribution < 1.29 is 12.8 Å². The average molecular weight is 525 g/mol. The molecule has 0 radical (unpaired) electrons. The summed E-state index contributed by atoms with van der Waals surface area (Å²) in [6.07, 6.45) is 1.54. The highest BCUT2D eigenvalue weighted by Gasteiger charge is 2.32. The molecule has 0 amide bonds. The van der Waals surface area contributed by atoms with Gasteiger partial charge in [0, 0.05) is 50.8 Å². The van der Waals surface area contributed by atoms with Crippen LogP contribution < -0.4 is 5.69 Å². The van der Waals surface area contributed by atoms with Crippen molar-refractivity contribution in [2.24, 2.45) is 12.5 Å². The first-order valence-corrected chi connectivity index (χ1v) is 13.8. The summed E-state index contributed by atoms with van der Waals surface area (Å²) in [4.78, 5) is 17.9. The molecule has 0 bridgehead atoms. The quantitative estimate of drug-likeness (QED) is 0.391. The van der Waals surface area contributed by atoms with E-state index in [0.717, 1.165) is 24.1 Å². The fraction of sp³-hybridized carbons (Fsp3) is 0.462. The van der Waals surface area contributed by atoms with Gasteiger partial charge >= 0.3 is 5.69 Å². The topological polar surface area (TPSA) is 116 Å². The van der Waals surface area contributed by atoms with Gasteiger partial charge in [0.05, 0.1) is 10.4 Å². The van der Waals surface area contributed by atoms with Crippen LogP contribution in [0.5, 0.6) is 0 Å². The third-order valence-corrected chi connectivity index (χ3v) is 8.54. The molecule has 0 aliphatic carbocycles. The van der Waals surface area contributed by atoms with Gasteiger partial charge in [-0.15, -0.1) is 10.2 Å². The summed E-state index contributed by atoms with van der Waals surface area (Å²) >= 11 is 0. The van der Waals surface area contributed by atoms with Crippen molar-refractivity contribution in [3.63, 3.8) is 0 Å². The smallest absolute Gasteiger partial charge is 0.330 e. The molecule has 10 nitrogen and oxygen atoms in total. The van der Waals surface area contributed by atoms with Gasteiger partial charge in [-0.1, -0.05) is 26.8 Å². The van der Waals surface area contributed by atoms with Gasteiger partial charge in [0.25, 0.3) is 0 Å². The van der Waals surface area contributed by atoms with Crippen LogP contribution in [0.1, 0.15) is 51.1 Å². The maximum absolute atomic E-state index is 13.6. The van der Waals surface area contributed by atoms with E-state index in [1.807, 2.05) is 12.1 Å². The van der Waals surface area contributed by atoms with Gasteiger partial charge < -0.3 is 4.42 Å². The van der Waals surface area contributed by atoms with Crippen LogP contribution >= 0.6 is 0 Å². The summed E-state index contributed by atoms with van der Waals surface area (Å²) in [5.41, 5.74) is 2.61. The fourth-order valence-corrected chi connectivity index (χ4v) is 6.47. The normalized spacial score (nSPS) is 17.5. The first kappa shape index (κ1) is 25.3. The van der Waals surface area contributed by atoms with Gasteiger partial charge in [0.1, 0.15) is 0 Å². The zero-order valence-electron chi connectivity index (χ0n) is 21.8. The molecule has 1 atom stereocenters. The van der Waals surface area contributed by atoms with Gasteiger partial charge in [-0.2, -0.15) is 4.31 Å². The first-order chi connectivity index (χ1) is 17.4. The highest BCUT2D eigenvalue weighted by Crippen LogP contribution is 2.31. The molecule has 0 spiro atoms. The number of hydrogen-bond donors (Lipinski definition) is 0. The SMILES string of the molecule is Cc1nnc(-c2cccc(S(=O)(=O)N3CCCC(c4ccc5c(n4)n(C)c(=O)n5CC(C)(C)C)C3)c2)o1. The number of nitrogens with zero attached hydrogens (tertiary/aromatic N) is 6. The Morgan fingerprint density at radius 3 is 2.62 bits per heavy atom. The van der Waals surface area contributed by atoms with Gasteiger partial charge in [-0.05, 0) is 48.6 Å². The summed E-state index contributed by atoms with van der Waals surface area (Å²) in [6.45, 7) is 9.31. The van der Waals surface area contributed by atoms with Crippen molar-refractivity contribution >= 4 is 21.2 Å². The largest absolute Gasteiger partial charge is 0.421 e. The van der Waals surface area contributed by atoms with Gasteiger partial charge in [-0.3, -0.25) is 9.13 Å². The molecule has 37 heavy (non-hydrogen) atoms. The highest BCUT2D eigenvalue weighted by molar-refractivity contribution is 7.89. The van der Waals surface area contributed by atoms with Crippen molar-refractivity contribution in [2.75, 3.05) is 13.1 Å². The second kappa shape index (κ2) is 9.21. The van der Waals surface area contributed by atoms with E-state index in [4.69, 9.17) is 9.40 Å². The molecule has 0 N–H and O–H groups in total.